The van der Waals surface area contributed by atoms with Crippen molar-refractivity contribution in [3.05, 3.63) is 59.3 Å². The molecule has 0 saturated carbocycles. The Morgan fingerprint density at radius 1 is 1.07 bits per heavy atom. The molecule has 0 aliphatic carbocycles. The van der Waals surface area contributed by atoms with Crippen molar-refractivity contribution < 1.29 is 9.59 Å². The number of nitrogen functional groups attached to an aromatic ring is 1. The van der Waals surface area contributed by atoms with E-state index in [9.17, 15) is 9.59 Å². The number of carbonyl (C=O) groups excluding carboxylic acids is 2. The van der Waals surface area contributed by atoms with Crippen LogP contribution in [0.3, 0.4) is 0 Å². The quantitative estimate of drug-likeness (QED) is 0.849. The highest BCUT2D eigenvalue weighted by atomic mass is 16.2. The average molecular weight is 393 g/mol. The molecule has 0 unspecified atom stereocenters. The van der Waals surface area contributed by atoms with E-state index in [1.807, 2.05) is 21.9 Å². The maximum atomic E-state index is 13.0. The van der Waals surface area contributed by atoms with E-state index in [2.05, 4.69) is 24.0 Å². The summed E-state index contributed by atoms with van der Waals surface area (Å²) in [5, 5.41) is 0. The molecule has 2 N–H and O–H groups in total. The van der Waals surface area contributed by atoms with Gasteiger partial charge in [-0.05, 0) is 30.2 Å². The molecule has 1 aromatic carbocycles. The van der Waals surface area contributed by atoms with Crippen molar-refractivity contribution in [2.45, 2.75) is 13.0 Å². The van der Waals surface area contributed by atoms with Crippen LogP contribution in [0.2, 0.25) is 0 Å². The van der Waals surface area contributed by atoms with Gasteiger partial charge in [-0.25, -0.2) is 9.78 Å². The Morgan fingerprint density at radius 3 is 2.52 bits per heavy atom. The molecule has 7 heteroatoms. The van der Waals surface area contributed by atoms with E-state index < -0.39 is 0 Å². The van der Waals surface area contributed by atoms with Gasteiger partial charge in [-0.2, -0.15) is 0 Å². The Hall–Kier alpha value is -3.09. The summed E-state index contributed by atoms with van der Waals surface area (Å²) in [6, 6.07) is 13.3. The molecule has 2 fully saturated rings. The molecule has 2 saturated heterocycles. The van der Waals surface area contributed by atoms with Crippen LogP contribution < -0.4 is 5.73 Å². The Bertz CT molecular complexity index is 944. The maximum absolute atomic E-state index is 13.0. The van der Waals surface area contributed by atoms with E-state index in [0.29, 0.717) is 31.1 Å². The van der Waals surface area contributed by atoms with E-state index in [0.717, 1.165) is 11.1 Å². The summed E-state index contributed by atoms with van der Waals surface area (Å²) in [5.74, 6) is 0.690. The molecule has 2 aliphatic heterocycles. The van der Waals surface area contributed by atoms with Crippen LogP contribution in [0.15, 0.2) is 42.5 Å². The zero-order chi connectivity index (χ0) is 20.7. The first-order valence-electron chi connectivity index (χ1n) is 9.92. The van der Waals surface area contributed by atoms with Gasteiger partial charge >= 0.3 is 6.03 Å². The van der Waals surface area contributed by atoms with Crippen LogP contribution in [0.5, 0.6) is 0 Å². The minimum absolute atomic E-state index is 0.0167. The van der Waals surface area contributed by atoms with Crippen LogP contribution in [0, 0.1) is 18.8 Å². The lowest BCUT2D eigenvalue weighted by atomic mass is 9.88. The summed E-state index contributed by atoms with van der Waals surface area (Å²) < 4.78 is 0. The summed E-state index contributed by atoms with van der Waals surface area (Å²) in [6.07, 6.45) is 0. The van der Waals surface area contributed by atoms with Crippen molar-refractivity contribution in [2.24, 2.45) is 11.8 Å². The fraction of sp³-hybridized carbons (Fsp3) is 0.409. The number of amides is 3. The van der Waals surface area contributed by atoms with Gasteiger partial charge in [0.05, 0.1) is 6.04 Å². The number of benzene rings is 1. The summed E-state index contributed by atoms with van der Waals surface area (Å²) >= 11 is 0. The second kappa shape index (κ2) is 7.39. The standard InChI is InChI=1S/C22H27N5O2/c1-14-7-4-5-8-16(14)20-17-13-26(21(28)18-9-6-10-19(23)24-18)11-15(17)12-27(20)22(29)25(2)3/h4-10,15,17,20H,11-13H2,1-3H3,(H2,23,24)/t15-,17-,20+/m1/s1. The smallest absolute Gasteiger partial charge is 0.320 e. The lowest BCUT2D eigenvalue weighted by Gasteiger charge is -2.32. The number of nitrogens with zero attached hydrogens (tertiary/aromatic N) is 4. The van der Waals surface area contributed by atoms with E-state index in [-0.39, 0.29) is 29.8 Å². The monoisotopic (exact) mass is 393 g/mol. The van der Waals surface area contributed by atoms with Gasteiger partial charge in [0.15, 0.2) is 0 Å². The molecule has 0 radical (unpaired) electrons. The predicted molar refractivity (Wildman–Crippen MR) is 111 cm³/mol. The van der Waals surface area contributed by atoms with Crippen LogP contribution in [0.1, 0.15) is 27.7 Å². The number of hydrogen-bond donors (Lipinski definition) is 1. The summed E-state index contributed by atoms with van der Waals surface area (Å²) in [7, 11) is 3.57. The summed E-state index contributed by atoms with van der Waals surface area (Å²) in [6.45, 7) is 3.96. The molecule has 152 valence electrons. The molecule has 0 spiro atoms. The second-order valence-electron chi connectivity index (χ2n) is 8.21. The highest BCUT2D eigenvalue weighted by molar-refractivity contribution is 5.93. The number of aromatic nitrogens is 1. The van der Waals surface area contributed by atoms with Crippen molar-refractivity contribution in [1.29, 1.82) is 0 Å². The van der Waals surface area contributed by atoms with Crippen LogP contribution >= 0.6 is 0 Å². The average Bonchev–Trinajstić information content (AvgIpc) is 3.25. The van der Waals surface area contributed by atoms with Gasteiger partial charge < -0.3 is 20.4 Å². The third-order valence-electron chi connectivity index (χ3n) is 6.08. The third kappa shape index (κ3) is 3.41. The van der Waals surface area contributed by atoms with Gasteiger partial charge in [0, 0.05) is 45.6 Å². The van der Waals surface area contributed by atoms with E-state index >= 15 is 0 Å². The molecule has 29 heavy (non-hydrogen) atoms. The van der Waals surface area contributed by atoms with Crippen LogP contribution in [-0.4, -0.2) is 65.4 Å². The number of rotatable bonds is 2. The molecule has 0 bridgehead atoms. The molecule has 7 nitrogen and oxygen atoms in total. The lowest BCUT2D eigenvalue weighted by molar-refractivity contribution is 0.0761. The van der Waals surface area contributed by atoms with Gasteiger partial charge in [-0.1, -0.05) is 30.3 Å². The zero-order valence-electron chi connectivity index (χ0n) is 17.1. The molecular formula is C22H27N5O2. The van der Waals surface area contributed by atoms with Gasteiger partial charge in [0.25, 0.3) is 5.91 Å². The fourth-order valence-corrected chi connectivity index (χ4v) is 4.71. The molecule has 1 aromatic heterocycles. The van der Waals surface area contributed by atoms with Gasteiger partial charge in [-0.3, -0.25) is 4.79 Å². The summed E-state index contributed by atoms with van der Waals surface area (Å²) in [4.78, 5) is 35.5. The van der Waals surface area contributed by atoms with Crippen LogP contribution in [-0.2, 0) is 0 Å². The second-order valence-corrected chi connectivity index (χ2v) is 8.21. The Kier molecular flexibility index (Phi) is 4.90. The number of hydrogen-bond acceptors (Lipinski definition) is 4. The van der Waals surface area contributed by atoms with Crippen molar-refractivity contribution in [3.63, 3.8) is 0 Å². The highest BCUT2D eigenvalue weighted by Gasteiger charge is 2.50. The molecule has 3 heterocycles. The number of nitrogens with two attached hydrogens (primary N) is 1. The lowest BCUT2D eigenvalue weighted by Crippen LogP contribution is -2.42. The molecule has 3 amide bonds. The number of fused-ring (bicyclic) bond motifs is 1. The Labute approximate surface area is 171 Å². The molecular weight excluding hydrogens is 366 g/mol. The first kappa shape index (κ1) is 19.2. The number of carbonyl (C=O) groups is 2. The van der Waals surface area contributed by atoms with E-state index in [4.69, 9.17) is 5.73 Å². The minimum Gasteiger partial charge on any atom is -0.384 e. The van der Waals surface area contributed by atoms with E-state index in [1.165, 1.54) is 0 Å². The number of aryl methyl sites for hydroxylation is 1. The Morgan fingerprint density at radius 2 is 1.83 bits per heavy atom. The summed E-state index contributed by atoms with van der Waals surface area (Å²) in [5.41, 5.74) is 8.45. The van der Waals surface area contributed by atoms with Crippen molar-refractivity contribution >= 4 is 17.8 Å². The number of likely N-dealkylation sites (tertiary alicyclic amines) is 2. The van der Waals surface area contributed by atoms with Crippen LogP contribution in [0.4, 0.5) is 10.6 Å². The van der Waals surface area contributed by atoms with Crippen molar-refractivity contribution in [2.75, 3.05) is 39.5 Å². The van der Waals surface area contributed by atoms with Crippen molar-refractivity contribution in [3.8, 4) is 0 Å². The first-order valence-corrected chi connectivity index (χ1v) is 9.92. The third-order valence-corrected chi connectivity index (χ3v) is 6.08. The first-order chi connectivity index (χ1) is 13.9. The van der Waals surface area contributed by atoms with Gasteiger partial charge in [0.2, 0.25) is 0 Å². The number of anilines is 1. The Balaban J connectivity index is 1.63. The van der Waals surface area contributed by atoms with Crippen LogP contribution in [0.25, 0.3) is 0 Å². The fourth-order valence-electron chi connectivity index (χ4n) is 4.71. The zero-order valence-corrected chi connectivity index (χ0v) is 17.1. The molecule has 2 aromatic rings. The highest BCUT2D eigenvalue weighted by Crippen LogP contribution is 2.46. The predicted octanol–water partition coefficient (Wildman–Crippen LogP) is 2.40. The normalized spacial score (nSPS) is 23.2. The maximum Gasteiger partial charge on any atom is 0.320 e. The van der Waals surface area contributed by atoms with Gasteiger partial charge in [-0.15, -0.1) is 0 Å². The SMILES string of the molecule is Cc1ccccc1[C@H]1[C@@H]2CN(C(=O)c3cccc(N)n3)C[C@@H]2CN1C(=O)N(C)C. The van der Waals surface area contributed by atoms with Crippen molar-refractivity contribution in [1.82, 2.24) is 19.7 Å². The number of urea groups is 1. The largest absolute Gasteiger partial charge is 0.384 e. The van der Waals surface area contributed by atoms with Gasteiger partial charge in [0.1, 0.15) is 11.5 Å². The molecule has 4 rings (SSSR count). The molecule has 2 aliphatic rings. The molecule has 3 atom stereocenters. The van der Waals surface area contributed by atoms with E-state index in [1.54, 1.807) is 37.2 Å². The topological polar surface area (TPSA) is 82.8 Å². The minimum atomic E-state index is -0.0966. The number of pyridine rings is 1.